The summed E-state index contributed by atoms with van der Waals surface area (Å²) in [5.74, 6) is 0.309. The van der Waals surface area contributed by atoms with Gasteiger partial charge in [0.2, 0.25) is 5.91 Å². The van der Waals surface area contributed by atoms with Crippen molar-refractivity contribution < 1.29 is 9.90 Å². The van der Waals surface area contributed by atoms with E-state index in [1.807, 2.05) is 49.3 Å². The van der Waals surface area contributed by atoms with Crippen molar-refractivity contribution in [1.82, 2.24) is 9.80 Å². The fraction of sp³-hybridized carbons (Fsp3) is 0.533. The molecule has 104 valence electrons. The monoisotopic (exact) mass is 262 g/mol. The maximum absolute atomic E-state index is 12.3. The Hall–Kier alpha value is -1.39. The van der Waals surface area contributed by atoms with Crippen LogP contribution in [-0.4, -0.2) is 60.6 Å². The maximum Gasteiger partial charge on any atom is 0.227 e. The molecule has 1 aliphatic rings. The molecule has 1 fully saturated rings. The predicted octanol–water partition coefficient (Wildman–Crippen LogP) is 0.610. The molecule has 1 amide bonds. The number of aliphatic hydroxyl groups is 1. The molecule has 4 nitrogen and oxygen atoms in total. The number of aliphatic hydroxyl groups excluding tert-OH is 1. The number of carbonyl (C=O) groups is 1. The van der Waals surface area contributed by atoms with E-state index in [-0.39, 0.29) is 24.5 Å². The number of rotatable bonds is 4. The third-order valence-electron chi connectivity index (χ3n) is 3.86. The molecule has 4 heteroatoms. The normalized spacial score (nSPS) is 23.1. The number of nitrogens with zero attached hydrogens (tertiary/aromatic N) is 2. The summed E-state index contributed by atoms with van der Waals surface area (Å²) in [5.41, 5.74) is 1.04. The van der Waals surface area contributed by atoms with Crippen molar-refractivity contribution in [2.75, 3.05) is 33.8 Å². The lowest BCUT2D eigenvalue weighted by Gasteiger charge is -2.23. The van der Waals surface area contributed by atoms with Crippen LogP contribution in [0.3, 0.4) is 0 Å². The van der Waals surface area contributed by atoms with Crippen molar-refractivity contribution in [3.63, 3.8) is 0 Å². The van der Waals surface area contributed by atoms with Gasteiger partial charge < -0.3 is 14.9 Å². The molecule has 0 saturated carbocycles. The molecular weight excluding hydrogens is 240 g/mol. The van der Waals surface area contributed by atoms with Crippen molar-refractivity contribution in [3.05, 3.63) is 35.9 Å². The first-order valence-corrected chi connectivity index (χ1v) is 6.70. The summed E-state index contributed by atoms with van der Waals surface area (Å²) in [6, 6.07) is 10.1. The highest BCUT2D eigenvalue weighted by atomic mass is 16.3. The van der Waals surface area contributed by atoms with Crippen molar-refractivity contribution in [1.29, 1.82) is 0 Å². The molecule has 1 aromatic carbocycles. The minimum Gasteiger partial charge on any atom is -0.396 e. The highest BCUT2D eigenvalue weighted by Gasteiger charge is 2.35. The summed E-state index contributed by atoms with van der Waals surface area (Å²) in [7, 11) is 4.00. The molecule has 1 heterocycles. The minimum absolute atomic E-state index is 0.137. The van der Waals surface area contributed by atoms with Gasteiger partial charge in [0.15, 0.2) is 0 Å². The Morgan fingerprint density at radius 1 is 1.32 bits per heavy atom. The van der Waals surface area contributed by atoms with Gasteiger partial charge in [-0.25, -0.2) is 0 Å². The van der Waals surface area contributed by atoms with E-state index in [2.05, 4.69) is 4.90 Å². The fourth-order valence-corrected chi connectivity index (χ4v) is 2.70. The Balaban J connectivity index is 1.98. The highest BCUT2D eigenvalue weighted by molar-refractivity contribution is 5.79. The lowest BCUT2D eigenvalue weighted by Crippen LogP contribution is -2.37. The SMILES string of the molecule is CN(C)[C@@H]1CN(C(=O)Cc2ccccc2)C[C@H]1CO. The second-order valence-corrected chi connectivity index (χ2v) is 5.43. The first-order chi connectivity index (χ1) is 9.11. The van der Waals surface area contributed by atoms with Gasteiger partial charge in [-0.3, -0.25) is 4.79 Å². The molecule has 0 unspecified atom stereocenters. The zero-order valence-electron chi connectivity index (χ0n) is 11.6. The van der Waals surface area contributed by atoms with E-state index in [0.717, 1.165) is 5.56 Å². The van der Waals surface area contributed by atoms with Gasteiger partial charge in [-0.15, -0.1) is 0 Å². The molecular formula is C15H22N2O2. The summed E-state index contributed by atoms with van der Waals surface area (Å²) in [6.07, 6.45) is 0.444. The summed E-state index contributed by atoms with van der Waals surface area (Å²) >= 11 is 0. The summed E-state index contributed by atoms with van der Waals surface area (Å²) in [5, 5.41) is 9.41. The zero-order valence-corrected chi connectivity index (χ0v) is 11.6. The van der Waals surface area contributed by atoms with Crippen LogP contribution in [0.15, 0.2) is 30.3 Å². The first-order valence-electron chi connectivity index (χ1n) is 6.70. The summed E-state index contributed by atoms with van der Waals surface area (Å²) < 4.78 is 0. The van der Waals surface area contributed by atoms with Crippen molar-refractivity contribution in [2.24, 2.45) is 5.92 Å². The standard InChI is InChI=1S/C15H22N2O2/c1-16(2)14-10-17(9-13(14)11-18)15(19)8-12-6-4-3-5-7-12/h3-7,13-14,18H,8-11H2,1-2H3/t13-,14+/m0/s1. The average molecular weight is 262 g/mol. The maximum atomic E-state index is 12.3. The number of likely N-dealkylation sites (N-methyl/N-ethyl adjacent to an activating group) is 1. The molecule has 0 aliphatic carbocycles. The van der Waals surface area contributed by atoms with Gasteiger partial charge in [0, 0.05) is 31.7 Å². The van der Waals surface area contributed by atoms with Crippen molar-refractivity contribution in [2.45, 2.75) is 12.5 Å². The van der Waals surface area contributed by atoms with Crippen LogP contribution in [0, 0.1) is 5.92 Å². The third kappa shape index (κ3) is 3.33. The molecule has 1 aliphatic heterocycles. The number of hydrogen-bond donors (Lipinski definition) is 1. The van der Waals surface area contributed by atoms with Gasteiger partial charge in [-0.1, -0.05) is 30.3 Å². The number of hydrogen-bond acceptors (Lipinski definition) is 3. The molecule has 0 radical (unpaired) electrons. The molecule has 1 aromatic rings. The Kier molecular flexibility index (Phi) is 4.56. The predicted molar refractivity (Wildman–Crippen MR) is 74.8 cm³/mol. The van der Waals surface area contributed by atoms with E-state index in [0.29, 0.717) is 19.5 Å². The highest BCUT2D eigenvalue weighted by Crippen LogP contribution is 2.21. The number of amides is 1. The lowest BCUT2D eigenvalue weighted by molar-refractivity contribution is -0.129. The van der Waals surface area contributed by atoms with E-state index in [1.165, 1.54) is 0 Å². The van der Waals surface area contributed by atoms with Crippen LogP contribution in [0.4, 0.5) is 0 Å². The Morgan fingerprint density at radius 3 is 2.53 bits per heavy atom. The molecule has 1 saturated heterocycles. The topological polar surface area (TPSA) is 43.8 Å². The summed E-state index contributed by atoms with van der Waals surface area (Å²) in [6.45, 7) is 1.51. The van der Waals surface area contributed by atoms with Crippen molar-refractivity contribution in [3.8, 4) is 0 Å². The van der Waals surface area contributed by atoms with Crippen LogP contribution >= 0.6 is 0 Å². The van der Waals surface area contributed by atoms with Gasteiger partial charge in [0.05, 0.1) is 6.42 Å². The van der Waals surface area contributed by atoms with E-state index >= 15 is 0 Å². The first kappa shape index (κ1) is 14.0. The van der Waals surface area contributed by atoms with E-state index < -0.39 is 0 Å². The number of benzene rings is 1. The molecule has 0 bridgehead atoms. The minimum atomic E-state index is 0.137. The van der Waals surface area contributed by atoms with E-state index in [1.54, 1.807) is 0 Å². The Morgan fingerprint density at radius 2 is 2.00 bits per heavy atom. The summed E-state index contributed by atoms with van der Waals surface area (Å²) in [4.78, 5) is 16.2. The lowest BCUT2D eigenvalue weighted by atomic mass is 10.0. The average Bonchev–Trinajstić information content (AvgIpc) is 2.84. The van der Waals surface area contributed by atoms with Crippen molar-refractivity contribution >= 4 is 5.91 Å². The quantitative estimate of drug-likeness (QED) is 0.864. The van der Waals surface area contributed by atoms with E-state index in [4.69, 9.17) is 0 Å². The van der Waals surface area contributed by atoms with Crippen LogP contribution in [0.25, 0.3) is 0 Å². The Labute approximate surface area is 114 Å². The molecule has 2 atom stereocenters. The second kappa shape index (κ2) is 6.17. The van der Waals surface area contributed by atoms with Crippen LogP contribution < -0.4 is 0 Å². The van der Waals surface area contributed by atoms with Crippen LogP contribution in [0.1, 0.15) is 5.56 Å². The Bertz CT molecular complexity index is 419. The largest absolute Gasteiger partial charge is 0.396 e. The van der Waals surface area contributed by atoms with Crippen LogP contribution in [0.5, 0.6) is 0 Å². The van der Waals surface area contributed by atoms with Crippen LogP contribution in [-0.2, 0) is 11.2 Å². The number of carbonyl (C=O) groups excluding carboxylic acids is 1. The van der Waals surface area contributed by atoms with Gasteiger partial charge in [-0.2, -0.15) is 0 Å². The molecule has 1 N–H and O–H groups in total. The van der Waals surface area contributed by atoms with Gasteiger partial charge in [0.25, 0.3) is 0 Å². The molecule has 0 aromatic heterocycles. The second-order valence-electron chi connectivity index (χ2n) is 5.43. The number of likely N-dealkylation sites (tertiary alicyclic amines) is 1. The van der Waals surface area contributed by atoms with Gasteiger partial charge in [0.1, 0.15) is 0 Å². The molecule has 2 rings (SSSR count). The van der Waals surface area contributed by atoms with Gasteiger partial charge >= 0.3 is 0 Å². The fourth-order valence-electron chi connectivity index (χ4n) is 2.70. The van der Waals surface area contributed by atoms with E-state index in [9.17, 15) is 9.90 Å². The van der Waals surface area contributed by atoms with Crippen LogP contribution in [0.2, 0.25) is 0 Å². The smallest absolute Gasteiger partial charge is 0.227 e. The third-order valence-corrected chi connectivity index (χ3v) is 3.86. The molecule has 19 heavy (non-hydrogen) atoms. The zero-order chi connectivity index (χ0) is 13.8. The van der Waals surface area contributed by atoms with Gasteiger partial charge in [-0.05, 0) is 19.7 Å². The molecule has 0 spiro atoms.